The van der Waals surface area contributed by atoms with Gasteiger partial charge in [-0.1, -0.05) is 24.3 Å². The summed E-state index contributed by atoms with van der Waals surface area (Å²) in [7, 11) is 0. The van der Waals surface area contributed by atoms with Crippen LogP contribution in [0.25, 0.3) is 33.1 Å². The maximum Gasteiger partial charge on any atom is 0.335 e. The molecule has 0 amide bonds. The predicted octanol–water partition coefficient (Wildman–Crippen LogP) is 4.15. The molecule has 0 radical (unpaired) electrons. The third-order valence-corrected chi connectivity index (χ3v) is 3.87. The second-order valence-electron chi connectivity index (χ2n) is 5.29. The van der Waals surface area contributed by atoms with Crippen LogP contribution in [0.2, 0.25) is 0 Å². The van der Waals surface area contributed by atoms with Gasteiger partial charge in [0.05, 0.1) is 22.3 Å². The molecule has 4 heteroatoms. The number of carbonyl (C=O) groups is 1. The highest BCUT2D eigenvalue weighted by atomic mass is 16.4. The van der Waals surface area contributed by atoms with Crippen LogP contribution in [0.3, 0.4) is 0 Å². The Kier molecular flexibility index (Phi) is 3.01. The lowest BCUT2D eigenvalue weighted by molar-refractivity contribution is 0.0697. The fourth-order valence-electron chi connectivity index (χ4n) is 2.68. The number of carboxylic acid groups (broad SMARTS) is 1. The molecule has 0 spiro atoms. The lowest BCUT2D eigenvalue weighted by Crippen LogP contribution is -1.95. The molecule has 0 aliphatic heterocycles. The van der Waals surface area contributed by atoms with Gasteiger partial charge in [0.2, 0.25) is 0 Å². The molecule has 1 N–H and O–H groups in total. The summed E-state index contributed by atoms with van der Waals surface area (Å²) in [6.07, 6.45) is 1.77. The number of aromatic nitrogens is 2. The highest BCUT2D eigenvalue weighted by molar-refractivity contribution is 6.04. The molecule has 0 aliphatic rings. The maximum atomic E-state index is 10.9. The molecule has 0 unspecified atom stereocenters. The van der Waals surface area contributed by atoms with Gasteiger partial charge in [-0.15, -0.1) is 0 Å². The van der Waals surface area contributed by atoms with Crippen LogP contribution in [0.1, 0.15) is 10.4 Å². The molecular weight excluding hydrogens is 288 g/mol. The second kappa shape index (κ2) is 5.18. The van der Waals surface area contributed by atoms with Gasteiger partial charge < -0.3 is 5.11 Å². The molecule has 0 aliphatic carbocycles. The Morgan fingerprint density at radius 1 is 0.913 bits per heavy atom. The number of pyridine rings is 2. The Morgan fingerprint density at radius 3 is 2.48 bits per heavy atom. The summed E-state index contributed by atoms with van der Waals surface area (Å²) in [5.41, 5.74) is 3.77. The first-order valence-electron chi connectivity index (χ1n) is 7.20. The molecule has 110 valence electrons. The summed E-state index contributed by atoms with van der Waals surface area (Å²) in [6.45, 7) is 0. The van der Waals surface area contributed by atoms with Crippen LogP contribution in [0, 0.1) is 0 Å². The van der Waals surface area contributed by atoms with Gasteiger partial charge in [0.25, 0.3) is 0 Å². The molecule has 0 bridgehead atoms. The van der Waals surface area contributed by atoms with Crippen molar-refractivity contribution in [2.75, 3.05) is 0 Å². The molecule has 23 heavy (non-hydrogen) atoms. The van der Waals surface area contributed by atoms with Gasteiger partial charge in [0.15, 0.2) is 0 Å². The highest BCUT2D eigenvalue weighted by Gasteiger charge is 2.07. The molecule has 2 aromatic carbocycles. The minimum atomic E-state index is -0.930. The Hall–Kier alpha value is -3.27. The van der Waals surface area contributed by atoms with E-state index in [-0.39, 0.29) is 5.56 Å². The fraction of sp³-hybridized carbons (Fsp3) is 0. The summed E-state index contributed by atoms with van der Waals surface area (Å²) >= 11 is 0. The van der Waals surface area contributed by atoms with Crippen LogP contribution in [-0.2, 0) is 0 Å². The van der Waals surface area contributed by atoms with Gasteiger partial charge >= 0.3 is 5.97 Å². The smallest absolute Gasteiger partial charge is 0.335 e. The molecule has 0 fully saturated rings. The maximum absolute atomic E-state index is 10.9. The van der Waals surface area contributed by atoms with Crippen molar-refractivity contribution in [3.05, 3.63) is 72.4 Å². The monoisotopic (exact) mass is 300 g/mol. The summed E-state index contributed by atoms with van der Waals surface area (Å²) in [6, 6.07) is 18.6. The van der Waals surface area contributed by atoms with Gasteiger partial charge in [0.1, 0.15) is 0 Å². The van der Waals surface area contributed by atoms with E-state index in [0.717, 1.165) is 33.1 Å². The standard InChI is InChI=1S/C19H12N2O2/c22-19(23)14-5-3-12(4-6-14)16-9-7-13-8-10-17-15(18(13)21-16)2-1-11-20-17/h1-11H,(H,22,23). The van der Waals surface area contributed by atoms with Gasteiger partial charge in [-0.05, 0) is 36.4 Å². The number of rotatable bonds is 2. The quantitative estimate of drug-likeness (QED) is 0.565. The largest absolute Gasteiger partial charge is 0.478 e. The van der Waals surface area contributed by atoms with E-state index in [1.165, 1.54) is 0 Å². The van der Waals surface area contributed by atoms with E-state index >= 15 is 0 Å². The van der Waals surface area contributed by atoms with Gasteiger partial charge in [0, 0.05) is 22.5 Å². The van der Waals surface area contributed by atoms with Crippen LogP contribution >= 0.6 is 0 Å². The SMILES string of the molecule is O=C(O)c1ccc(-c2ccc3ccc4ncccc4c3n2)cc1. The van der Waals surface area contributed by atoms with Gasteiger partial charge in [-0.25, -0.2) is 9.78 Å². The molecule has 4 rings (SSSR count). The van der Waals surface area contributed by atoms with Crippen LogP contribution < -0.4 is 0 Å². The summed E-state index contributed by atoms with van der Waals surface area (Å²) in [5.74, 6) is -0.930. The van der Waals surface area contributed by atoms with Gasteiger partial charge in [-0.3, -0.25) is 4.98 Å². The van der Waals surface area contributed by atoms with Crippen molar-refractivity contribution in [3.8, 4) is 11.3 Å². The van der Waals surface area contributed by atoms with Crippen molar-refractivity contribution in [2.45, 2.75) is 0 Å². The predicted molar refractivity (Wildman–Crippen MR) is 89.4 cm³/mol. The number of carboxylic acids is 1. The first kappa shape index (κ1) is 13.4. The number of fused-ring (bicyclic) bond motifs is 3. The third kappa shape index (κ3) is 2.30. The van der Waals surface area contributed by atoms with Crippen molar-refractivity contribution >= 4 is 27.8 Å². The van der Waals surface area contributed by atoms with Crippen LogP contribution in [0.4, 0.5) is 0 Å². The van der Waals surface area contributed by atoms with Gasteiger partial charge in [-0.2, -0.15) is 0 Å². The van der Waals surface area contributed by atoms with Crippen LogP contribution in [0.5, 0.6) is 0 Å². The molecule has 0 saturated carbocycles. The van der Waals surface area contributed by atoms with Crippen LogP contribution in [-0.4, -0.2) is 21.0 Å². The van der Waals surface area contributed by atoms with Crippen molar-refractivity contribution in [1.82, 2.24) is 9.97 Å². The van der Waals surface area contributed by atoms with E-state index < -0.39 is 5.97 Å². The normalized spacial score (nSPS) is 11.0. The Labute approximate surface area is 132 Å². The molecule has 2 aromatic heterocycles. The number of aromatic carboxylic acids is 1. The average Bonchev–Trinajstić information content (AvgIpc) is 2.61. The van der Waals surface area contributed by atoms with Crippen molar-refractivity contribution in [1.29, 1.82) is 0 Å². The van der Waals surface area contributed by atoms with Crippen LogP contribution in [0.15, 0.2) is 66.9 Å². The topological polar surface area (TPSA) is 63.1 Å². The molecular formula is C19H12N2O2. The van der Waals surface area contributed by atoms with Crippen molar-refractivity contribution in [2.24, 2.45) is 0 Å². The summed E-state index contributed by atoms with van der Waals surface area (Å²) in [4.78, 5) is 20.1. The lowest BCUT2D eigenvalue weighted by Gasteiger charge is -2.06. The molecule has 0 saturated heterocycles. The lowest BCUT2D eigenvalue weighted by atomic mass is 10.1. The molecule has 4 nitrogen and oxygen atoms in total. The number of hydrogen-bond acceptors (Lipinski definition) is 3. The second-order valence-corrected chi connectivity index (χ2v) is 5.29. The minimum absolute atomic E-state index is 0.268. The number of benzene rings is 2. The summed E-state index contributed by atoms with van der Waals surface area (Å²) < 4.78 is 0. The zero-order valence-corrected chi connectivity index (χ0v) is 12.1. The van der Waals surface area contributed by atoms with E-state index in [2.05, 4.69) is 4.98 Å². The van der Waals surface area contributed by atoms with E-state index in [1.807, 2.05) is 36.4 Å². The third-order valence-electron chi connectivity index (χ3n) is 3.87. The van der Waals surface area contributed by atoms with Crippen molar-refractivity contribution in [3.63, 3.8) is 0 Å². The van der Waals surface area contributed by atoms with E-state index in [9.17, 15) is 4.79 Å². The Morgan fingerprint density at radius 2 is 1.70 bits per heavy atom. The zero-order valence-electron chi connectivity index (χ0n) is 12.1. The highest BCUT2D eigenvalue weighted by Crippen LogP contribution is 2.26. The number of nitrogens with zero attached hydrogens (tertiary/aromatic N) is 2. The van der Waals surface area contributed by atoms with E-state index in [4.69, 9.17) is 10.1 Å². The average molecular weight is 300 g/mol. The van der Waals surface area contributed by atoms with E-state index in [0.29, 0.717) is 0 Å². The summed E-state index contributed by atoms with van der Waals surface area (Å²) in [5, 5.41) is 11.0. The Balaban J connectivity index is 1.90. The van der Waals surface area contributed by atoms with Crippen molar-refractivity contribution < 1.29 is 9.90 Å². The Bertz CT molecular complexity index is 1040. The van der Waals surface area contributed by atoms with E-state index in [1.54, 1.807) is 30.5 Å². The first-order chi connectivity index (χ1) is 11.2. The number of hydrogen-bond donors (Lipinski definition) is 1. The fourth-order valence-corrected chi connectivity index (χ4v) is 2.68. The molecule has 2 heterocycles. The first-order valence-corrected chi connectivity index (χ1v) is 7.20. The minimum Gasteiger partial charge on any atom is -0.478 e. The zero-order chi connectivity index (χ0) is 15.8. The molecule has 4 aromatic rings. The molecule has 0 atom stereocenters.